The molecule has 4 amide bonds. The lowest BCUT2D eigenvalue weighted by atomic mass is 9.92. The Hall–Kier alpha value is -2.61. The first-order chi connectivity index (χ1) is 10.8. The molecule has 1 aromatic carbocycles. The Labute approximate surface area is 133 Å². The number of likely N-dealkylation sites (N-methyl/N-ethyl adjacent to an activating group) is 1. The zero-order valence-electron chi connectivity index (χ0n) is 13.5. The molecule has 1 saturated heterocycles. The van der Waals surface area contributed by atoms with Gasteiger partial charge < -0.3 is 10.1 Å². The number of amides is 4. The van der Waals surface area contributed by atoms with Crippen LogP contribution in [0.4, 0.5) is 4.79 Å². The van der Waals surface area contributed by atoms with Crippen LogP contribution in [-0.4, -0.2) is 55.6 Å². The predicted octanol–water partition coefficient (Wildman–Crippen LogP) is 0.482. The molecule has 0 aliphatic carbocycles. The zero-order valence-corrected chi connectivity index (χ0v) is 13.5. The van der Waals surface area contributed by atoms with Crippen molar-refractivity contribution >= 4 is 17.8 Å². The molecule has 8 nitrogen and oxygen atoms in total. The fourth-order valence-corrected chi connectivity index (χ4v) is 2.30. The van der Waals surface area contributed by atoms with Crippen molar-refractivity contribution < 1.29 is 24.0 Å². The van der Waals surface area contributed by atoms with Gasteiger partial charge in [-0.05, 0) is 24.6 Å². The molecule has 8 heteroatoms. The Morgan fingerprint density at radius 3 is 2.39 bits per heavy atom. The number of carbonyl (C=O) groups excluding carboxylic acids is 3. The standard InChI is InChI=1S/C15H19N3O5/c1-15(10-5-7-11(22-3)8-6-10)13(20)18(14(21)16-15)9-12(19)17(2)23-4/h5-8H,9H2,1-4H3,(H,16,21)/t15-/m0/s1. The molecule has 124 valence electrons. The summed E-state index contributed by atoms with van der Waals surface area (Å²) in [6.45, 7) is 1.21. The topological polar surface area (TPSA) is 88.2 Å². The Morgan fingerprint density at radius 2 is 1.87 bits per heavy atom. The first-order valence-electron chi connectivity index (χ1n) is 6.92. The van der Waals surface area contributed by atoms with E-state index in [9.17, 15) is 14.4 Å². The van der Waals surface area contributed by atoms with E-state index in [0.717, 1.165) is 9.96 Å². The highest BCUT2D eigenvalue weighted by atomic mass is 16.7. The summed E-state index contributed by atoms with van der Waals surface area (Å²) in [5.41, 5.74) is -0.623. The van der Waals surface area contributed by atoms with Crippen molar-refractivity contribution in [1.29, 1.82) is 0 Å². The summed E-state index contributed by atoms with van der Waals surface area (Å²) in [5, 5.41) is 3.59. The molecule has 1 aliphatic heterocycles. The summed E-state index contributed by atoms with van der Waals surface area (Å²) in [5.74, 6) is -0.358. The third-order valence-electron chi connectivity index (χ3n) is 3.86. The van der Waals surface area contributed by atoms with Crippen molar-refractivity contribution in [3.8, 4) is 5.75 Å². The SMILES string of the molecule is COc1ccc([C@]2(C)NC(=O)N(CC(=O)N(C)OC)C2=O)cc1. The minimum absolute atomic E-state index is 0.388. The summed E-state index contributed by atoms with van der Waals surface area (Å²) >= 11 is 0. The molecular weight excluding hydrogens is 302 g/mol. The number of imide groups is 1. The lowest BCUT2D eigenvalue weighted by Gasteiger charge is -2.23. The van der Waals surface area contributed by atoms with Crippen LogP contribution in [-0.2, 0) is 20.0 Å². The van der Waals surface area contributed by atoms with Crippen LogP contribution in [0.15, 0.2) is 24.3 Å². The van der Waals surface area contributed by atoms with E-state index in [-0.39, 0.29) is 6.54 Å². The molecule has 1 aromatic rings. The van der Waals surface area contributed by atoms with Gasteiger partial charge in [0.2, 0.25) is 0 Å². The summed E-state index contributed by atoms with van der Waals surface area (Å²) in [6.07, 6.45) is 0. The molecule has 2 rings (SSSR count). The second kappa shape index (κ2) is 6.25. The van der Waals surface area contributed by atoms with Crippen LogP contribution in [0.25, 0.3) is 0 Å². The molecule has 1 aliphatic rings. The summed E-state index contributed by atoms with van der Waals surface area (Å²) in [6, 6.07) is 6.18. The fourth-order valence-electron chi connectivity index (χ4n) is 2.30. The van der Waals surface area contributed by atoms with Crippen molar-refractivity contribution in [2.45, 2.75) is 12.5 Å². The number of hydrogen-bond acceptors (Lipinski definition) is 5. The summed E-state index contributed by atoms with van der Waals surface area (Å²) in [7, 11) is 4.27. The molecule has 1 fully saturated rings. The largest absolute Gasteiger partial charge is 0.497 e. The van der Waals surface area contributed by atoms with Crippen LogP contribution in [0.3, 0.4) is 0 Å². The van der Waals surface area contributed by atoms with Crippen molar-refractivity contribution in [1.82, 2.24) is 15.3 Å². The number of hydroxylamine groups is 2. The highest BCUT2D eigenvalue weighted by molar-refractivity contribution is 6.09. The van der Waals surface area contributed by atoms with Crippen molar-refractivity contribution in [3.05, 3.63) is 29.8 Å². The maximum atomic E-state index is 12.6. The number of benzene rings is 1. The molecular formula is C15H19N3O5. The molecule has 1 heterocycles. The monoisotopic (exact) mass is 321 g/mol. The maximum absolute atomic E-state index is 12.6. The van der Waals surface area contributed by atoms with Crippen molar-refractivity contribution in [2.24, 2.45) is 0 Å². The van der Waals surface area contributed by atoms with Gasteiger partial charge in [-0.2, -0.15) is 0 Å². The average molecular weight is 321 g/mol. The van der Waals surface area contributed by atoms with Gasteiger partial charge in [-0.3, -0.25) is 19.3 Å². The fraction of sp³-hybridized carbons (Fsp3) is 0.400. The number of nitrogens with zero attached hydrogens (tertiary/aromatic N) is 2. The van der Waals surface area contributed by atoms with Crippen LogP contribution in [0.1, 0.15) is 12.5 Å². The van der Waals surface area contributed by atoms with Gasteiger partial charge in [0, 0.05) is 7.05 Å². The maximum Gasteiger partial charge on any atom is 0.325 e. The van der Waals surface area contributed by atoms with Gasteiger partial charge in [0.25, 0.3) is 11.8 Å². The molecule has 1 N–H and O–H groups in total. The molecule has 0 spiro atoms. The highest BCUT2D eigenvalue weighted by Crippen LogP contribution is 2.29. The van der Waals surface area contributed by atoms with E-state index in [0.29, 0.717) is 11.3 Å². The highest BCUT2D eigenvalue weighted by Gasteiger charge is 2.49. The number of methoxy groups -OCH3 is 1. The van der Waals surface area contributed by atoms with Crippen LogP contribution < -0.4 is 10.1 Å². The van der Waals surface area contributed by atoms with E-state index < -0.39 is 23.4 Å². The average Bonchev–Trinajstić information content (AvgIpc) is 2.78. The van der Waals surface area contributed by atoms with E-state index in [1.807, 2.05) is 0 Å². The van der Waals surface area contributed by atoms with Gasteiger partial charge in [0.05, 0.1) is 14.2 Å². The summed E-state index contributed by atoms with van der Waals surface area (Å²) < 4.78 is 5.08. The van der Waals surface area contributed by atoms with E-state index in [1.54, 1.807) is 38.3 Å². The lowest BCUT2D eigenvalue weighted by Crippen LogP contribution is -2.43. The second-order valence-corrected chi connectivity index (χ2v) is 5.25. The number of carbonyl (C=O) groups is 3. The molecule has 0 bridgehead atoms. The third kappa shape index (κ3) is 2.98. The number of hydrogen-bond donors (Lipinski definition) is 1. The zero-order chi connectivity index (χ0) is 17.2. The van der Waals surface area contributed by atoms with E-state index >= 15 is 0 Å². The first-order valence-corrected chi connectivity index (χ1v) is 6.92. The quantitative estimate of drug-likeness (QED) is 0.629. The minimum atomic E-state index is -1.23. The van der Waals surface area contributed by atoms with Gasteiger partial charge in [0.15, 0.2) is 0 Å². The van der Waals surface area contributed by atoms with E-state index in [2.05, 4.69) is 5.32 Å². The third-order valence-corrected chi connectivity index (χ3v) is 3.86. The van der Waals surface area contributed by atoms with Gasteiger partial charge in [-0.1, -0.05) is 12.1 Å². The van der Waals surface area contributed by atoms with Crippen LogP contribution in [0, 0.1) is 0 Å². The van der Waals surface area contributed by atoms with Gasteiger partial charge >= 0.3 is 6.03 Å². The molecule has 1 atom stereocenters. The van der Waals surface area contributed by atoms with Gasteiger partial charge in [-0.25, -0.2) is 9.86 Å². The number of urea groups is 1. The lowest BCUT2D eigenvalue weighted by molar-refractivity contribution is -0.170. The molecule has 23 heavy (non-hydrogen) atoms. The smallest absolute Gasteiger partial charge is 0.325 e. The van der Waals surface area contributed by atoms with Crippen molar-refractivity contribution in [2.75, 3.05) is 27.8 Å². The molecule has 0 unspecified atom stereocenters. The van der Waals surface area contributed by atoms with Crippen LogP contribution >= 0.6 is 0 Å². The Balaban J connectivity index is 2.23. The Kier molecular flexibility index (Phi) is 4.55. The van der Waals surface area contributed by atoms with Crippen LogP contribution in [0.2, 0.25) is 0 Å². The molecule has 0 radical (unpaired) electrons. The van der Waals surface area contributed by atoms with Gasteiger partial charge in [-0.15, -0.1) is 0 Å². The Bertz CT molecular complexity index is 631. The van der Waals surface area contributed by atoms with Crippen LogP contribution in [0.5, 0.6) is 5.75 Å². The first kappa shape index (κ1) is 16.8. The van der Waals surface area contributed by atoms with Crippen molar-refractivity contribution in [3.63, 3.8) is 0 Å². The van der Waals surface area contributed by atoms with E-state index in [4.69, 9.17) is 9.57 Å². The molecule has 0 aromatic heterocycles. The Morgan fingerprint density at radius 1 is 1.26 bits per heavy atom. The second-order valence-electron chi connectivity index (χ2n) is 5.25. The minimum Gasteiger partial charge on any atom is -0.497 e. The summed E-state index contributed by atoms with van der Waals surface area (Å²) in [4.78, 5) is 42.2. The normalized spacial score (nSPS) is 20.4. The number of nitrogens with one attached hydrogen (secondary N) is 1. The molecule has 0 saturated carbocycles. The predicted molar refractivity (Wildman–Crippen MR) is 80.4 cm³/mol. The number of rotatable bonds is 5. The van der Waals surface area contributed by atoms with E-state index in [1.165, 1.54) is 14.2 Å². The number of ether oxygens (including phenoxy) is 1. The van der Waals surface area contributed by atoms with Gasteiger partial charge in [0.1, 0.15) is 17.8 Å².